The second-order valence-corrected chi connectivity index (χ2v) is 7.23. The van der Waals surface area contributed by atoms with Gasteiger partial charge in [-0.05, 0) is 78.8 Å². The molecule has 3 aromatic carbocycles. The first kappa shape index (κ1) is 21.3. The van der Waals surface area contributed by atoms with E-state index in [9.17, 15) is 0 Å². The van der Waals surface area contributed by atoms with Crippen LogP contribution in [0.2, 0.25) is 0 Å². The van der Waals surface area contributed by atoms with Crippen molar-refractivity contribution in [1.82, 2.24) is 14.9 Å². The molecule has 0 atom stereocenters. The Bertz CT molecular complexity index is 1220. The highest BCUT2D eigenvalue weighted by Gasteiger charge is 2.08. The zero-order valence-electron chi connectivity index (χ0n) is 17.6. The van der Waals surface area contributed by atoms with E-state index in [1.807, 2.05) is 85.8 Å². The SMILES string of the molecule is CCOc1ccc(-c2n[nH]c(=S)n2N/N=C/c2ccc(OCc3ccccc3)cc2)cc1. The second-order valence-electron chi connectivity index (χ2n) is 6.85. The van der Waals surface area contributed by atoms with Gasteiger partial charge in [0.25, 0.3) is 0 Å². The van der Waals surface area contributed by atoms with Crippen molar-refractivity contribution in [2.75, 3.05) is 12.1 Å². The molecule has 0 amide bonds. The molecule has 2 N–H and O–H groups in total. The van der Waals surface area contributed by atoms with Crippen LogP contribution in [0, 0.1) is 4.77 Å². The van der Waals surface area contributed by atoms with Crippen LogP contribution in [0.1, 0.15) is 18.1 Å². The van der Waals surface area contributed by atoms with Crippen LogP contribution in [-0.4, -0.2) is 27.7 Å². The van der Waals surface area contributed by atoms with E-state index >= 15 is 0 Å². The first-order chi connectivity index (χ1) is 15.7. The minimum absolute atomic E-state index is 0.413. The van der Waals surface area contributed by atoms with Gasteiger partial charge < -0.3 is 9.47 Å². The average molecular weight is 446 g/mol. The van der Waals surface area contributed by atoms with Gasteiger partial charge in [0.1, 0.15) is 18.1 Å². The summed E-state index contributed by atoms with van der Waals surface area (Å²) in [4.78, 5) is 0. The van der Waals surface area contributed by atoms with Crippen molar-refractivity contribution in [3.8, 4) is 22.9 Å². The number of hydrogen-bond acceptors (Lipinski definition) is 6. The van der Waals surface area contributed by atoms with Crippen LogP contribution in [-0.2, 0) is 6.61 Å². The molecule has 0 unspecified atom stereocenters. The molecule has 0 radical (unpaired) electrons. The van der Waals surface area contributed by atoms with Crippen LogP contribution < -0.4 is 15.0 Å². The fourth-order valence-corrected chi connectivity index (χ4v) is 3.18. The van der Waals surface area contributed by atoms with E-state index in [0.29, 0.717) is 23.8 Å². The molecule has 1 heterocycles. The van der Waals surface area contributed by atoms with Gasteiger partial charge in [0.15, 0.2) is 5.82 Å². The molecule has 0 aliphatic carbocycles. The highest BCUT2D eigenvalue weighted by atomic mass is 32.1. The molecule has 0 spiro atoms. The van der Waals surface area contributed by atoms with Crippen molar-refractivity contribution in [3.05, 3.63) is 94.8 Å². The Morgan fingerprint density at radius 3 is 2.38 bits per heavy atom. The van der Waals surface area contributed by atoms with Gasteiger partial charge in [0.05, 0.1) is 12.8 Å². The van der Waals surface area contributed by atoms with E-state index in [1.165, 1.54) is 0 Å². The van der Waals surface area contributed by atoms with Crippen molar-refractivity contribution in [1.29, 1.82) is 0 Å². The summed E-state index contributed by atoms with van der Waals surface area (Å²) in [5.41, 5.74) is 5.86. The Hall–Kier alpha value is -3.91. The van der Waals surface area contributed by atoms with Crippen LogP contribution in [0.5, 0.6) is 11.5 Å². The number of H-pyrrole nitrogens is 1. The molecular weight excluding hydrogens is 422 g/mol. The van der Waals surface area contributed by atoms with E-state index in [-0.39, 0.29) is 0 Å². The molecule has 8 heteroatoms. The molecule has 32 heavy (non-hydrogen) atoms. The monoisotopic (exact) mass is 445 g/mol. The summed E-state index contributed by atoms with van der Waals surface area (Å²) >= 11 is 5.32. The molecule has 0 saturated heterocycles. The maximum Gasteiger partial charge on any atom is 0.216 e. The Balaban J connectivity index is 1.39. The molecule has 4 rings (SSSR count). The zero-order chi connectivity index (χ0) is 22.2. The van der Waals surface area contributed by atoms with E-state index in [1.54, 1.807) is 10.9 Å². The molecule has 162 valence electrons. The quantitative estimate of drug-likeness (QED) is 0.211. The fraction of sp³-hybridized carbons (Fsp3) is 0.125. The summed E-state index contributed by atoms with van der Waals surface area (Å²) in [6, 6.07) is 25.4. The molecule has 0 fully saturated rings. The Labute approximate surface area is 191 Å². The van der Waals surface area contributed by atoms with E-state index in [4.69, 9.17) is 21.7 Å². The lowest BCUT2D eigenvalue weighted by Crippen LogP contribution is -2.10. The molecule has 4 aromatic rings. The number of hydrogen-bond donors (Lipinski definition) is 2. The van der Waals surface area contributed by atoms with E-state index < -0.39 is 0 Å². The predicted octanol–water partition coefficient (Wildman–Crippen LogP) is 5.16. The van der Waals surface area contributed by atoms with Gasteiger partial charge in [-0.15, -0.1) is 0 Å². The Morgan fingerprint density at radius 1 is 0.969 bits per heavy atom. The number of nitrogens with zero attached hydrogens (tertiary/aromatic N) is 3. The summed E-state index contributed by atoms with van der Waals surface area (Å²) in [5.74, 6) is 2.23. The van der Waals surface area contributed by atoms with Gasteiger partial charge in [-0.1, -0.05) is 30.3 Å². The summed E-state index contributed by atoms with van der Waals surface area (Å²) in [5, 5.41) is 11.4. The highest BCUT2D eigenvalue weighted by molar-refractivity contribution is 7.71. The standard InChI is InChI=1S/C24H23N5O2S/c1-2-30-21-14-10-20(11-15-21)23-26-27-24(32)29(23)28-25-16-18-8-12-22(13-9-18)31-17-19-6-4-3-5-7-19/h3-16,28H,2,17H2,1H3,(H,27,32)/b25-16+. The number of ether oxygens (including phenoxy) is 2. The predicted molar refractivity (Wildman–Crippen MR) is 128 cm³/mol. The van der Waals surface area contributed by atoms with Gasteiger partial charge in [-0.25, -0.2) is 10.6 Å². The fourth-order valence-electron chi connectivity index (χ4n) is 3.00. The lowest BCUT2D eigenvalue weighted by Gasteiger charge is -2.07. The molecule has 0 saturated carbocycles. The summed E-state index contributed by atoms with van der Waals surface area (Å²) in [6.07, 6.45) is 1.71. The first-order valence-corrected chi connectivity index (χ1v) is 10.6. The third-order valence-corrected chi connectivity index (χ3v) is 4.87. The van der Waals surface area contributed by atoms with Gasteiger partial charge in [-0.2, -0.15) is 14.9 Å². The summed E-state index contributed by atoms with van der Waals surface area (Å²) in [6.45, 7) is 3.10. The number of nitrogens with one attached hydrogen (secondary N) is 2. The van der Waals surface area contributed by atoms with Crippen LogP contribution >= 0.6 is 12.2 Å². The third-order valence-electron chi connectivity index (χ3n) is 4.60. The number of benzene rings is 3. The van der Waals surface area contributed by atoms with Gasteiger partial charge in [0, 0.05) is 5.56 Å². The number of hydrazone groups is 1. The molecule has 1 aromatic heterocycles. The molecule has 0 aliphatic heterocycles. The Kier molecular flexibility index (Phi) is 6.94. The number of rotatable bonds is 9. The summed E-state index contributed by atoms with van der Waals surface area (Å²) < 4.78 is 13.3. The Morgan fingerprint density at radius 2 is 1.66 bits per heavy atom. The lowest BCUT2D eigenvalue weighted by atomic mass is 10.2. The van der Waals surface area contributed by atoms with Gasteiger partial charge in [-0.3, -0.25) is 0 Å². The normalized spacial score (nSPS) is 10.9. The van der Waals surface area contributed by atoms with E-state index in [0.717, 1.165) is 28.2 Å². The zero-order valence-corrected chi connectivity index (χ0v) is 18.4. The topological polar surface area (TPSA) is 76.5 Å². The van der Waals surface area contributed by atoms with Crippen LogP contribution in [0.3, 0.4) is 0 Å². The second kappa shape index (κ2) is 10.4. The lowest BCUT2D eigenvalue weighted by molar-refractivity contribution is 0.306. The smallest absolute Gasteiger partial charge is 0.216 e. The first-order valence-electron chi connectivity index (χ1n) is 10.2. The van der Waals surface area contributed by atoms with Crippen molar-refractivity contribution in [3.63, 3.8) is 0 Å². The van der Waals surface area contributed by atoms with Crippen LogP contribution in [0.4, 0.5) is 0 Å². The molecule has 0 bridgehead atoms. The number of aromatic amines is 1. The number of aromatic nitrogens is 3. The van der Waals surface area contributed by atoms with Crippen LogP contribution in [0.15, 0.2) is 84.0 Å². The van der Waals surface area contributed by atoms with Crippen LogP contribution in [0.25, 0.3) is 11.4 Å². The van der Waals surface area contributed by atoms with Gasteiger partial charge >= 0.3 is 0 Å². The largest absolute Gasteiger partial charge is 0.494 e. The molecular formula is C24H23N5O2S. The van der Waals surface area contributed by atoms with Gasteiger partial charge in [0.2, 0.25) is 4.77 Å². The minimum Gasteiger partial charge on any atom is -0.494 e. The van der Waals surface area contributed by atoms with Crippen molar-refractivity contribution >= 4 is 18.4 Å². The van der Waals surface area contributed by atoms with E-state index in [2.05, 4.69) is 20.8 Å². The van der Waals surface area contributed by atoms with Crippen molar-refractivity contribution < 1.29 is 9.47 Å². The molecule has 0 aliphatic rings. The summed E-state index contributed by atoms with van der Waals surface area (Å²) in [7, 11) is 0. The average Bonchev–Trinajstić information content (AvgIpc) is 3.20. The maximum atomic E-state index is 5.82. The van der Waals surface area contributed by atoms with Crippen molar-refractivity contribution in [2.24, 2.45) is 5.10 Å². The third kappa shape index (κ3) is 5.41. The highest BCUT2D eigenvalue weighted by Crippen LogP contribution is 2.20. The minimum atomic E-state index is 0.413. The maximum absolute atomic E-state index is 5.82. The molecule has 7 nitrogen and oxygen atoms in total. The van der Waals surface area contributed by atoms with Crippen molar-refractivity contribution in [2.45, 2.75) is 13.5 Å².